The summed E-state index contributed by atoms with van der Waals surface area (Å²) in [5.74, 6) is -0.772. The van der Waals surface area contributed by atoms with Crippen LogP contribution in [0.4, 0.5) is 20.0 Å². The average molecular weight is 476 g/mol. The summed E-state index contributed by atoms with van der Waals surface area (Å²) in [6.45, 7) is 1.89. The van der Waals surface area contributed by atoms with Crippen molar-refractivity contribution in [1.29, 1.82) is 0 Å². The van der Waals surface area contributed by atoms with Gasteiger partial charge in [-0.3, -0.25) is 10.1 Å². The van der Waals surface area contributed by atoms with Gasteiger partial charge in [-0.05, 0) is 48.4 Å². The minimum atomic E-state index is -0.857. The number of carbonyl (C=O) groups is 2. The third kappa shape index (κ3) is 6.02. The van der Waals surface area contributed by atoms with Crippen LogP contribution in [0.3, 0.4) is 0 Å². The summed E-state index contributed by atoms with van der Waals surface area (Å²) in [5.41, 5.74) is 3.15. The van der Waals surface area contributed by atoms with Crippen LogP contribution < -0.4 is 16.0 Å². The molecule has 7 nitrogen and oxygen atoms in total. The number of urea groups is 1. The second kappa shape index (κ2) is 10.7. The summed E-state index contributed by atoms with van der Waals surface area (Å²) in [6, 6.07) is 21.3. The van der Waals surface area contributed by atoms with Crippen LogP contribution >= 0.6 is 11.3 Å². The molecular formula is C25H22FN5O2S. The molecular weight excluding hydrogens is 453 g/mol. The topological polar surface area (TPSA) is 96.0 Å². The summed E-state index contributed by atoms with van der Waals surface area (Å²) >= 11 is 1.16. The van der Waals surface area contributed by atoms with Gasteiger partial charge in [0.05, 0.1) is 0 Å². The van der Waals surface area contributed by atoms with E-state index in [1.807, 2.05) is 55.5 Å². The van der Waals surface area contributed by atoms with Crippen molar-refractivity contribution in [2.24, 2.45) is 0 Å². The van der Waals surface area contributed by atoms with E-state index in [-0.39, 0.29) is 17.4 Å². The van der Waals surface area contributed by atoms with Crippen LogP contribution in [-0.4, -0.2) is 28.2 Å². The highest BCUT2D eigenvalue weighted by Gasteiger charge is 2.23. The molecule has 4 aromatic rings. The largest absolute Gasteiger partial charge is 0.326 e. The van der Waals surface area contributed by atoms with Gasteiger partial charge >= 0.3 is 6.03 Å². The number of nitrogens with zero attached hydrogens (tertiary/aromatic N) is 2. The van der Waals surface area contributed by atoms with E-state index in [1.54, 1.807) is 18.2 Å². The van der Waals surface area contributed by atoms with Gasteiger partial charge in [0, 0.05) is 17.7 Å². The van der Waals surface area contributed by atoms with E-state index in [2.05, 4.69) is 26.1 Å². The van der Waals surface area contributed by atoms with Crippen molar-refractivity contribution in [3.8, 4) is 10.6 Å². The second-order valence-corrected chi connectivity index (χ2v) is 8.54. The van der Waals surface area contributed by atoms with E-state index in [4.69, 9.17) is 0 Å². The quantitative estimate of drug-likeness (QED) is 0.350. The number of para-hydroxylation sites is 1. The second-order valence-electron chi connectivity index (χ2n) is 7.56. The molecule has 3 N–H and O–H groups in total. The lowest BCUT2D eigenvalue weighted by Gasteiger charge is -2.18. The number of nitrogens with one attached hydrogen (secondary N) is 3. The number of benzene rings is 3. The fourth-order valence-electron chi connectivity index (χ4n) is 3.26. The predicted octanol–water partition coefficient (Wildman–Crippen LogP) is 5.02. The summed E-state index contributed by atoms with van der Waals surface area (Å²) in [5, 5.41) is 17.2. The first-order valence-electron chi connectivity index (χ1n) is 10.6. The standard InChI is InChI=1S/C25H22FN5O2S/c1-16-7-5-6-10-20(16)27-24(33)28-21(15-17-8-3-2-4-9-17)22(32)29-25-31-30-23(34-25)18-11-13-19(26)14-12-18/h2-14,21H,15H2,1H3,(H2,27,28,33)(H,29,31,32). The Morgan fingerprint density at radius 3 is 2.35 bits per heavy atom. The Morgan fingerprint density at radius 2 is 1.62 bits per heavy atom. The van der Waals surface area contributed by atoms with E-state index in [0.717, 1.165) is 22.5 Å². The van der Waals surface area contributed by atoms with E-state index in [9.17, 15) is 14.0 Å². The monoisotopic (exact) mass is 475 g/mol. The highest BCUT2D eigenvalue weighted by molar-refractivity contribution is 7.18. The summed E-state index contributed by atoms with van der Waals surface area (Å²) in [6.07, 6.45) is 0.289. The van der Waals surface area contributed by atoms with Crippen LogP contribution in [0.5, 0.6) is 0 Å². The number of hydrogen-bond acceptors (Lipinski definition) is 5. The van der Waals surface area contributed by atoms with Gasteiger partial charge in [0.2, 0.25) is 11.0 Å². The highest BCUT2D eigenvalue weighted by Crippen LogP contribution is 2.26. The Balaban J connectivity index is 1.48. The van der Waals surface area contributed by atoms with Crippen LogP contribution in [0, 0.1) is 12.7 Å². The Labute approximate surface area is 200 Å². The summed E-state index contributed by atoms with van der Waals surface area (Å²) < 4.78 is 13.2. The maximum atomic E-state index is 13.2. The van der Waals surface area contributed by atoms with Crippen molar-refractivity contribution in [2.45, 2.75) is 19.4 Å². The molecule has 0 bridgehead atoms. The molecule has 1 unspecified atom stereocenters. The molecule has 3 aromatic carbocycles. The Morgan fingerprint density at radius 1 is 0.912 bits per heavy atom. The average Bonchev–Trinajstić information content (AvgIpc) is 3.29. The Hall–Kier alpha value is -4.11. The molecule has 1 atom stereocenters. The van der Waals surface area contributed by atoms with Crippen LogP contribution in [0.1, 0.15) is 11.1 Å². The fourth-order valence-corrected chi connectivity index (χ4v) is 4.02. The number of carbonyl (C=O) groups excluding carboxylic acids is 2. The SMILES string of the molecule is Cc1ccccc1NC(=O)NC(Cc1ccccc1)C(=O)Nc1nnc(-c2ccc(F)cc2)s1. The zero-order chi connectivity index (χ0) is 23.9. The molecule has 9 heteroatoms. The molecule has 34 heavy (non-hydrogen) atoms. The lowest BCUT2D eigenvalue weighted by Crippen LogP contribution is -2.47. The number of anilines is 2. The maximum absolute atomic E-state index is 13.2. The molecule has 0 aliphatic carbocycles. The van der Waals surface area contributed by atoms with Crippen molar-refractivity contribution in [3.63, 3.8) is 0 Å². The molecule has 0 fully saturated rings. The first kappa shape index (κ1) is 23.1. The lowest BCUT2D eigenvalue weighted by molar-refractivity contribution is -0.117. The first-order valence-corrected chi connectivity index (χ1v) is 11.4. The fraction of sp³-hybridized carbons (Fsp3) is 0.120. The van der Waals surface area contributed by atoms with Gasteiger partial charge in [0.1, 0.15) is 16.9 Å². The summed E-state index contributed by atoms with van der Waals surface area (Å²) in [7, 11) is 0. The smallest absolute Gasteiger partial charge is 0.319 e. The molecule has 0 aliphatic rings. The van der Waals surface area contributed by atoms with Gasteiger partial charge in [-0.1, -0.05) is 59.9 Å². The highest BCUT2D eigenvalue weighted by atomic mass is 32.1. The molecule has 1 aromatic heterocycles. The molecule has 1 heterocycles. The molecule has 3 amide bonds. The first-order chi connectivity index (χ1) is 16.5. The van der Waals surface area contributed by atoms with Crippen molar-refractivity contribution in [3.05, 3.63) is 95.8 Å². The van der Waals surface area contributed by atoms with E-state index in [1.165, 1.54) is 12.1 Å². The molecule has 0 saturated heterocycles. The van der Waals surface area contributed by atoms with Gasteiger partial charge in [0.25, 0.3) is 0 Å². The van der Waals surface area contributed by atoms with E-state index < -0.39 is 18.0 Å². The number of hydrogen-bond donors (Lipinski definition) is 3. The van der Waals surface area contributed by atoms with E-state index in [0.29, 0.717) is 16.3 Å². The van der Waals surface area contributed by atoms with Gasteiger partial charge in [-0.2, -0.15) is 0 Å². The number of halogens is 1. The molecule has 4 rings (SSSR count). The van der Waals surface area contributed by atoms with Crippen molar-refractivity contribution in [2.75, 3.05) is 10.6 Å². The van der Waals surface area contributed by atoms with Crippen molar-refractivity contribution in [1.82, 2.24) is 15.5 Å². The van der Waals surface area contributed by atoms with Gasteiger partial charge in [-0.25, -0.2) is 9.18 Å². The lowest BCUT2D eigenvalue weighted by atomic mass is 10.1. The minimum absolute atomic E-state index is 0.281. The number of amides is 3. The van der Waals surface area contributed by atoms with Crippen LogP contribution in [-0.2, 0) is 11.2 Å². The molecule has 0 saturated carbocycles. The number of aromatic nitrogens is 2. The molecule has 0 spiro atoms. The van der Waals surface area contributed by atoms with Crippen molar-refractivity contribution < 1.29 is 14.0 Å². The van der Waals surface area contributed by atoms with Crippen LogP contribution in [0.25, 0.3) is 10.6 Å². The normalized spacial score (nSPS) is 11.5. The van der Waals surface area contributed by atoms with Crippen molar-refractivity contribution >= 4 is 34.1 Å². The van der Waals surface area contributed by atoms with Crippen LogP contribution in [0.2, 0.25) is 0 Å². The molecule has 0 radical (unpaired) electrons. The Bertz CT molecular complexity index is 1280. The van der Waals surface area contributed by atoms with Gasteiger partial charge in [-0.15, -0.1) is 10.2 Å². The minimum Gasteiger partial charge on any atom is -0.326 e. The number of aryl methyl sites for hydroxylation is 1. The zero-order valence-corrected chi connectivity index (χ0v) is 19.1. The van der Waals surface area contributed by atoms with Gasteiger partial charge < -0.3 is 10.6 Å². The molecule has 172 valence electrons. The third-order valence-electron chi connectivity index (χ3n) is 5.04. The zero-order valence-electron chi connectivity index (χ0n) is 18.3. The predicted molar refractivity (Wildman–Crippen MR) is 131 cm³/mol. The molecule has 0 aliphatic heterocycles. The van der Waals surface area contributed by atoms with E-state index >= 15 is 0 Å². The van der Waals surface area contributed by atoms with Crippen LogP contribution in [0.15, 0.2) is 78.9 Å². The number of rotatable bonds is 7. The third-order valence-corrected chi connectivity index (χ3v) is 5.93. The van der Waals surface area contributed by atoms with Gasteiger partial charge in [0.15, 0.2) is 0 Å². The summed E-state index contributed by atoms with van der Waals surface area (Å²) in [4.78, 5) is 25.8. The Kier molecular flexibility index (Phi) is 7.24. The maximum Gasteiger partial charge on any atom is 0.319 e.